The van der Waals surface area contributed by atoms with Crippen LogP contribution >= 0.6 is 0 Å². The minimum Gasteiger partial charge on any atom is -0.465 e. The molecule has 3 aliphatic heterocycles. The summed E-state index contributed by atoms with van der Waals surface area (Å²) in [6.45, 7) is 5.35. The molecule has 3 N–H and O–H groups in total. The molecule has 3 rings (SSSR count). The molecule has 3 saturated heterocycles. The first-order chi connectivity index (χ1) is 13.0. The fraction of sp³-hybridized carbons (Fsp3) is 0.765. The zero-order valence-electron chi connectivity index (χ0n) is 15.5. The molecule has 3 heterocycles. The maximum atomic E-state index is 12.9. The molecule has 0 aromatic carbocycles. The molecule has 150 valence electrons. The van der Waals surface area contributed by atoms with Gasteiger partial charge in [0.15, 0.2) is 0 Å². The van der Waals surface area contributed by atoms with E-state index in [0.717, 1.165) is 13.0 Å². The Morgan fingerprint density at radius 1 is 1.19 bits per heavy atom. The molecule has 27 heavy (non-hydrogen) atoms. The van der Waals surface area contributed by atoms with Crippen molar-refractivity contribution >= 4 is 23.8 Å². The van der Waals surface area contributed by atoms with Crippen LogP contribution in [0, 0.1) is 11.8 Å². The lowest BCUT2D eigenvalue weighted by atomic mass is 9.85. The Bertz CT molecular complexity index is 613. The fourth-order valence-corrected chi connectivity index (χ4v) is 3.91. The summed E-state index contributed by atoms with van der Waals surface area (Å²) in [6, 6.07) is -0.507. The number of amides is 4. The number of urea groups is 1. The lowest BCUT2D eigenvalue weighted by molar-refractivity contribution is -0.144. The molecule has 3 fully saturated rings. The second kappa shape index (κ2) is 8.66. The zero-order valence-corrected chi connectivity index (χ0v) is 15.5. The lowest BCUT2D eigenvalue weighted by Crippen LogP contribution is -2.67. The van der Waals surface area contributed by atoms with Crippen LogP contribution in [0.2, 0.25) is 0 Å². The third-order valence-electron chi connectivity index (χ3n) is 5.29. The van der Waals surface area contributed by atoms with Gasteiger partial charge in [-0.2, -0.15) is 0 Å². The van der Waals surface area contributed by atoms with Crippen molar-refractivity contribution in [3.63, 3.8) is 0 Å². The van der Waals surface area contributed by atoms with Crippen molar-refractivity contribution in [2.75, 3.05) is 45.9 Å². The van der Waals surface area contributed by atoms with Crippen LogP contribution in [0.5, 0.6) is 0 Å². The Labute approximate surface area is 157 Å². The van der Waals surface area contributed by atoms with Crippen molar-refractivity contribution in [1.29, 1.82) is 0 Å². The number of piperidine rings is 1. The summed E-state index contributed by atoms with van der Waals surface area (Å²) in [4.78, 5) is 51.8. The second-order valence-corrected chi connectivity index (χ2v) is 7.15. The second-order valence-electron chi connectivity index (χ2n) is 7.15. The van der Waals surface area contributed by atoms with E-state index < -0.39 is 18.1 Å². The highest BCUT2D eigenvalue weighted by molar-refractivity contribution is 5.98. The molecule has 0 radical (unpaired) electrons. The molecule has 10 nitrogen and oxygen atoms in total. The molecule has 3 unspecified atom stereocenters. The molecule has 0 aliphatic carbocycles. The summed E-state index contributed by atoms with van der Waals surface area (Å²) < 4.78 is 4.99. The number of carbonyl (C=O) groups excluding carboxylic acids is 4. The van der Waals surface area contributed by atoms with Crippen LogP contribution in [-0.2, 0) is 19.1 Å². The number of carbonyl (C=O) groups is 4. The smallest absolute Gasteiger partial charge is 0.322 e. The first-order valence-electron chi connectivity index (χ1n) is 9.49. The molecule has 3 atom stereocenters. The van der Waals surface area contributed by atoms with Crippen LogP contribution in [0.1, 0.15) is 19.8 Å². The van der Waals surface area contributed by atoms with E-state index in [1.165, 1.54) is 0 Å². The minimum absolute atomic E-state index is 0.0173. The molecule has 10 heteroatoms. The van der Waals surface area contributed by atoms with E-state index in [4.69, 9.17) is 4.74 Å². The number of rotatable bonds is 4. The highest BCUT2D eigenvalue weighted by atomic mass is 16.5. The number of hydrogen-bond donors (Lipinski definition) is 3. The van der Waals surface area contributed by atoms with Gasteiger partial charge in [0.2, 0.25) is 11.8 Å². The van der Waals surface area contributed by atoms with Crippen molar-refractivity contribution in [2.24, 2.45) is 11.8 Å². The van der Waals surface area contributed by atoms with Gasteiger partial charge in [-0.05, 0) is 19.8 Å². The summed E-state index contributed by atoms with van der Waals surface area (Å²) in [5.74, 6) is -1.32. The van der Waals surface area contributed by atoms with Crippen LogP contribution < -0.4 is 16.0 Å². The molecule has 0 aromatic heterocycles. The first kappa shape index (κ1) is 19.6. The summed E-state index contributed by atoms with van der Waals surface area (Å²) in [5, 5.41) is 8.04. The van der Waals surface area contributed by atoms with Gasteiger partial charge in [0.05, 0.1) is 31.2 Å². The highest BCUT2D eigenvalue weighted by Gasteiger charge is 2.42. The van der Waals surface area contributed by atoms with Gasteiger partial charge in [-0.1, -0.05) is 0 Å². The lowest BCUT2D eigenvalue weighted by Gasteiger charge is -2.39. The Morgan fingerprint density at radius 2 is 2.00 bits per heavy atom. The van der Waals surface area contributed by atoms with Gasteiger partial charge in [0.25, 0.3) is 0 Å². The van der Waals surface area contributed by atoms with Crippen molar-refractivity contribution in [2.45, 2.75) is 25.9 Å². The number of ether oxygens (including phenoxy) is 1. The van der Waals surface area contributed by atoms with Gasteiger partial charge in [0, 0.05) is 32.7 Å². The minimum atomic E-state index is -0.507. The van der Waals surface area contributed by atoms with E-state index in [2.05, 4.69) is 16.0 Å². The zero-order chi connectivity index (χ0) is 19.4. The highest BCUT2D eigenvalue weighted by Crippen LogP contribution is 2.24. The van der Waals surface area contributed by atoms with E-state index >= 15 is 0 Å². The fourth-order valence-electron chi connectivity index (χ4n) is 3.91. The van der Waals surface area contributed by atoms with Crippen LogP contribution in [0.4, 0.5) is 4.79 Å². The predicted molar refractivity (Wildman–Crippen MR) is 94.3 cm³/mol. The number of imide groups is 1. The SMILES string of the molecule is CCOC(=O)CN1CCCN(C(=O)C2CNC3NC(=O)NC(=O)C3C2)CC1. The average Bonchev–Trinajstić information content (AvgIpc) is 2.86. The van der Waals surface area contributed by atoms with Gasteiger partial charge in [-0.3, -0.25) is 29.9 Å². The number of esters is 1. The van der Waals surface area contributed by atoms with Crippen molar-refractivity contribution in [1.82, 2.24) is 25.8 Å². The molecule has 4 amide bonds. The van der Waals surface area contributed by atoms with Crippen LogP contribution in [0.3, 0.4) is 0 Å². The van der Waals surface area contributed by atoms with E-state index in [-0.39, 0.29) is 30.2 Å². The normalized spacial score (nSPS) is 29.2. The maximum Gasteiger partial charge on any atom is 0.322 e. The standard InChI is InChI=1S/C17H27N5O5/c1-2-27-13(23)10-21-4-3-5-22(7-6-21)16(25)11-8-12-14(18-9-11)19-17(26)20-15(12)24/h11-12,14,18H,2-10H2,1H3,(H2,19,20,24,26). The van der Waals surface area contributed by atoms with Gasteiger partial charge in [0.1, 0.15) is 0 Å². The monoisotopic (exact) mass is 381 g/mol. The molecular weight excluding hydrogens is 354 g/mol. The number of hydrogen-bond acceptors (Lipinski definition) is 7. The third-order valence-corrected chi connectivity index (χ3v) is 5.29. The molecule has 0 spiro atoms. The van der Waals surface area contributed by atoms with E-state index in [9.17, 15) is 19.2 Å². The van der Waals surface area contributed by atoms with Gasteiger partial charge >= 0.3 is 12.0 Å². The predicted octanol–water partition coefficient (Wildman–Crippen LogP) is -1.52. The molecule has 0 saturated carbocycles. The van der Waals surface area contributed by atoms with Gasteiger partial charge in [-0.15, -0.1) is 0 Å². The largest absolute Gasteiger partial charge is 0.465 e. The quantitative estimate of drug-likeness (QED) is 0.506. The van der Waals surface area contributed by atoms with E-state index in [0.29, 0.717) is 39.2 Å². The van der Waals surface area contributed by atoms with Crippen LogP contribution in [0.15, 0.2) is 0 Å². The van der Waals surface area contributed by atoms with Gasteiger partial charge in [-0.25, -0.2) is 4.79 Å². The Kier molecular flexibility index (Phi) is 6.27. The first-order valence-corrected chi connectivity index (χ1v) is 9.49. The number of nitrogens with one attached hydrogen (secondary N) is 3. The molecule has 3 aliphatic rings. The summed E-state index contributed by atoms with van der Waals surface area (Å²) in [6.07, 6.45) is 0.777. The van der Waals surface area contributed by atoms with E-state index in [1.54, 1.807) is 6.92 Å². The Balaban J connectivity index is 1.53. The molecule has 0 bridgehead atoms. The number of fused-ring (bicyclic) bond motifs is 1. The van der Waals surface area contributed by atoms with Gasteiger partial charge < -0.3 is 15.0 Å². The summed E-state index contributed by atoms with van der Waals surface area (Å²) in [7, 11) is 0. The van der Waals surface area contributed by atoms with Crippen LogP contribution in [0.25, 0.3) is 0 Å². The van der Waals surface area contributed by atoms with Crippen molar-refractivity contribution < 1.29 is 23.9 Å². The van der Waals surface area contributed by atoms with Crippen LogP contribution in [-0.4, -0.2) is 85.7 Å². The Morgan fingerprint density at radius 3 is 2.78 bits per heavy atom. The average molecular weight is 381 g/mol. The Hall–Kier alpha value is -2.20. The van der Waals surface area contributed by atoms with E-state index in [1.807, 2.05) is 9.80 Å². The number of nitrogens with zero attached hydrogens (tertiary/aromatic N) is 2. The molecular formula is C17H27N5O5. The summed E-state index contributed by atoms with van der Waals surface area (Å²) in [5.41, 5.74) is 0. The van der Waals surface area contributed by atoms with Crippen molar-refractivity contribution in [3.05, 3.63) is 0 Å². The summed E-state index contributed by atoms with van der Waals surface area (Å²) >= 11 is 0. The molecule has 0 aromatic rings. The topological polar surface area (TPSA) is 120 Å². The maximum absolute atomic E-state index is 12.9. The van der Waals surface area contributed by atoms with Crippen molar-refractivity contribution in [3.8, 4) is 0 Å². The third kappa shape index (κ3) is 4.75.